The van der Waals surface area contributed by atoms with Gasteiger partial charge < -0.3 is 14.2 Å². The van der Waals surface area contributed by atoms with Crippen molar-refractivity contribution in [3.05, 3.63) is 36.5 Å². The maximum atomic E-state index is 12.7. The maximum Gasteiger partial charge on any atom is 0.306 e. The third-order valence-corrected chi connectivity index (χ3v) is 9.34. The van der Waals surface area contributed by atoms with Crippen molar-refractivity contribution < 1.29 is 28.6 Å². The Morgan fingerprint density at radius 2 is 0.673 bits per heavy atom. The average molecular weight is 731 g/mol. The summed E-state index contributed by atoms with van der Waals surface area (Å²) in [6, 6.07) is 0. The standard InChI is InChI=1S/C46H82O6/c1-4-7-10-13-16-19-21-22-23-25-27-30-33-36-39-45(48)51-42-43(41-50-44(47)38-35-32-29-26-18-15-12-9-6-3)52-46(49)40-37-34-31-28-24-20-17-14-11-8-5-2/h14,17,23,25-26,29,43H,4-13,15-16,18-22,24,27-28,30-42H2,1-3H3/b17-14-,25-23-,29-26-. The quantitative estimate of drug-likeness (QED) is 0.0271. The van der Waals surface area contributed by atoms with Crippen molar-refractivity contribution in [2.45, 2.75) is 226 Å². The molecule has 0 radical (unpaired) electrons. The Kier molecular flexibility index (Phi) is 39.5. The number of unbranched alkanes of at least 4 members (excludes halogenated alkanes) is 22. The van der Waals surface area contributed by atoms with Gasteiger partial charge in [-0.15, -0.1) is 0 Å². The molecule has 0 aromatic carbocycles. The van der Waals surface area contributed by atoms with Gasteiger partial charge in [-0.2, -0.15) is 0 Å². The van der Waals surface area contributed by atoms with Gasteiger partial charge in [0.2, 0.25) is 0 Å². The van der Waals surface area contributed by atoms with E-state index in [4.69, 9.17) is 14.2 Å². The number of rotatable bonds is 39. The molecule has 6 heteroatoms. The molecule has 0 amide bonds. The van der Waals surface area contributed by atoms with Gasteiger partial charge >= 0.3 is 17.9 Å². The predicted octanol–water partition coefficient (Wildman–Crippen LogP) is 13.8. The number of hydrogen-bond donors (Lipinski definition) is 0. The molecular weight excluding hydrogens is 648 g/mol. The van der Waals surface area contributed by atoms with E-state index in [1.54, 1.807) is 0 Å². The van der Waals surface area contributed by atoms with Crippen molar-refractivity contribution in [1.82, 2.24) is 0 Å². The topological polar surface area (TPSA) is 78.9 Å². The first-order valence-electron chi connectivity index (χ1n) is 22.0. The van der Waals surface area contributed by atoms with E-state index in [1.807, 2.05) is 0 Å². The summed E-state index contributed by atoms with van der Waals surface area (Å²) in [6.07, 6.45) is 45.6. The van der Waals surface area contributed by atoms with Gasteiger partial charge in [-0.25, -0.2) is 0 Å². The highest BCUT2D eigenvalue weighted by molar-refractivity contribution is 5.71. The minimum atomic E-state index is -0.788. The number of esters is 3. The number of carbonyl (C=O) groups is 3. The molecule has 6 nitrogen and oxygen atoms in total. The van der Waals surface area contributed by atoms with Crippen LogP contribution in [0.5, 0.6) is 0 Å². The minimum absolute atomic E-state index is 0.0915. The lowest BCUT2D eigenvalue weighted by Crippen LogP contribution is -2.30. The molecule has 1 atom stereocenters. The second-order valence-electron chi connectivity index (χ2n) is 14.6. The van der Waals surface area contributed by atoms with Crippen LogP contribution in [-0.2, 0) is 28.6 Å². The van der Waals surface area contributed by atoms with Crippen LogP contribution in [-0.4, -0.2) is 37.2 Å². The summed E-state index contributed by atoms with van der Waals surface area (Å²) in [5, 5.41) is 0. The molecule has 0 aliphatic heterocycles. The van der Waals surface area contributed by atoms with Crippen LogP contribution in [0.3, 0.4) is 0 Å². The Hall–Kier alpha value is -2.37. The molecule has 0 aromatic heterocycles. The molecular formula is C46H82O6. The van der Waals surface area contributed by atoms with Crippen molar-refractivity contribution in [3.63, 3.8) is 0 Å². The van der Waals surface area contributed by atoms with Crippen LogP contribution in [0.2, 0.25) is 0 Å². The summed E-state index contributed by atoms with van der Waals surface area (Å²) < 4.78 is 16.6. The molecule has 0 aliphatic carbocycles. The van der Waals surface area contributed by atoms with Gasteiger partial charge in [0.25, 0.3) is 0 Å². The highest BCUT2D eigenvalue weighted by atomic mass is 16.6. The fourth-order valence-corrected chi connectivity index (χ4v) is 5.95. The van der Waals surface area contributed by atoms with E-state index in [-0.39, 0.29) is 31.1 Å². The van der Waals surface area contributed by atoms with E-state index < -0.39 is 6.10 Å². The van der Waals surface area contributed by atoms with Crippen molar-refractivity contribution >= 4 is 17.9 Å². The summed E-state index contributed by atoms with van der Waals surface area (Å²) in [5.74, 6) is -0.955. The number of ether oxygens (including phenoxy) is 3. The molecule has 0 fully saturated rings. The number of carbonyl (C=O) groups excluding carboxylic acids is 3. The monoisotopic (exact) mass is 731 g/mol. The number of allylic oxidation sites excluding steroid dienone is 6. The molecule has 302 valence electrons. The van der Waals surface area contributed by atoms with Gasteiger partial charge in [-0.05, 0) is 83.5 Å². The Bertz CT molecular complexity index is 891. The molecule has 0 aliphatic rings. The minimum Gasteiger partial charge on any atom is -0.462 e. The zero-order valence-corrected chi connectivity index (χ0v) is 34.3. The summed E-state index contributed by atoms with van der Waals surface area (Å²) in [5.41, 5.74) is 0. The van der Waals surface area contributed by atoms with Crippen LogP contribution >= 0.6 is 0 Å². The first-order valence-corrected chi connectivity index (χ1v) is 22.0. The van der Waals surface area contributed by atoms with Crippen molar-refractivity contribution in [2.24, 2.45) is 0 Å². The molecule has 0 saturated carbocycles. The van der Waals surface area contributed by atoms with Crippen LogP contribution < -0.4 is 0 Å². The maximum absolute atomic E-state index is 12.7. The second-order valence-corrected chi connectivity index (χ2v) is 14.6. The molecule has 0 rings (SSSR count). The first-order chi connectivity index (χ1) is 25.5. The van der Waals surface area contributed by atoms with E-state index in [2.05, 4.69) is 57.2 Å². The highest BCUT2D eigenvalue weighted by Gasteiger charge is 2.19. The van der Waals surface area contributed by atoms with Crippen LogP contribution in [0.15, 0.2) is 36.5 Å². The highest BCUT2D eigenvalue weighted by Crippen LogP contribution is 2.13. The van der Waals surface area contributed by atoms with Crippen molar-refractivity contribution in [2.75, 3.05) is 13.2 Å². The van der Waals surface area contributed by atoms with E-state index in [0.29, 0.717) is 25.7 Å². The lowest BCUT2D eigenvalue weighted by Gasteiger charge is -2.18. The van der Waals surface area contributed by atoms with E-state index in [0.717, 1.165) is 77.0 Å². The lowest BCUT2D eigenvalue weighted by atomic mass is 10.1. The third kappa shape index (κ3) is 38.9. The summed E-state index contributed by atoms with van der Waals surface area (Å²) in [7, 11) is 0. The van der Waals surface area contributed by atoms with Crippen molar-refractivity contribution in [3.8, 4) is 0 Å². The molecule has 0 heterocycles. The fraction of sp³-hybridized carbons (Fsp3) is 0.804. The Labute approximate surface area is 321 Å². The van der Waals surface area contributed by atoms with Gasteiger partial charge in [0.05, 0.1) is 0 Å². The van der Waals surface area contributed by atoms with Crippen LogP contribution in [0.1, 0.15) is 220 Å². The summed E-state index contributed by atoms with van der Waals surface area (Å²) in [4.78, 5) is 37.6. The summed E-state index contributed by atoms with van der Waals surface area (Å²) in [6.45, 7) is 6.50. The molecule has 52 heavy (non-hydrogen) atoms. The zero-order valence-electron chi connectivity index (χ0n) is 34.3. The molecule has 0 N–H and O–H groups in total. The van der Waals surface area contributed by atoms with Crippen LogP contribution in [0, 0.1) is 0 Å². The van der Waals surface area contributed by atoms with E-state index >= 15 is 0 Å². The second kappa shape index (κ2) is 41.4. The average Bonchev–Trinajstić information content (AvgIpc) is 3.14. The molecule has 0 saturated heterocycles. The Morgan fingerprint density at radius 1 is 0.365 bits per heavy atom. The van der Waals surface area contributed by atoms with Gasteiger partial charge in [-0.1, -0.05) is 154 Å². The van der Waals surface area contributed by atoms with Gasteiger partial charge in [0.1, 0.15) is 13.2 Å². The van der Waals surface area contributed by atoms with Crippen LogP contribution in [0.25, 0.3) is 0 Å². The van der Waals surface area contributed by atoms with Gasteiger partial charge in [0.15, 0.2) is 6.10 Å². The predicted molar refractivity (Wildman–Crippen MR) is 219 cm³/mol. The van der Waals surface area contributed by atoms with Gasteiger partial charge in [-0.3, -0.25) is 14.4 Å². The first kappa shape index (κ1) is 49.6. The SMILES string of the molecule is CCCC/C=C\CCCCCCCC(=O)OC(COC(=O)CCC/C=C\CCCCCC)COC(=O)CCCCC/C=C\CCCCCCCCC. The molecule has 0 aromatic rings. The largest absolute Gasteiger partial charge is 0.462 e. The fourth-order valence-electron chi connectivity index (χ4n) is 5.95. The zero-order chi connectivity index (χ0) is 38.0. The normalized spacial score (nSPS) is 12.3. The summed E-state index contributed by atoms with van der Waals surface area (Å²) >= 11 is 0. The molecule has 0 bridgehead atoms. The van der Waals surface area contributed by atoms with Gasteiger partial charge in [0, 0.05) is 19.3 Å². The van der Waals surface area contributed by atoms with Crippen LogP contribution in [0.4, 0.5) is 0 Å². The molecule has 0 spiro atoms. The van der Waals surface area contributed by atoms with Crippen molar-refractivity contribution in [1.29, 1.82) is 0 Å². The number of hydrogen-bond acceptors (Lipinski definition) is 6. The molecule has 1 unspecified atom stereocenters. The van der Waals surface area contributed by atoms with E-state index in [1.165, 1.54) is 96.3 Å². The lowest BCUT2D eigenvalue weighted by molar-refractivity contribution is -0.167. The smallest absolute Gasteiger partial charge is 0.306 e. The Morgan fingerprint density at radius 3 is 1.13 bits per heavy atom. The van der Waals surface area contributed by atoms with E-state index in [9.17, 15) is 14.4 Å². The third-order valence-electron chi connectivity index (χ3n) is 9.34. The Balaban J connectivity index is 4.40.